The first-order valence-electron chi connectivity index (χ1n) is 26.2. The molecule has 0 amide bonds. The van der Waals surface area contributed by atoms with E-state index in [1.807, 2.05) is 0 Å². The van der Waals surface area contributed by atoms with Crippen LogP contribution in [0.3, 0.4) is 0 Å². The molecule has 0 heterocycles. The smallest absolute Gasteiger partial charge is 0.306 e. The highest BCUT2D eigenvalue weighted by molar-refractivity contribution is 5.71. The van der Waals surface area contributed by atoms with Gasteiger partial charge < -0.3 is 14.2 Å². The van der Waals surface area contributed by atoms with E-state index in [4.69, 9.17) is 14.2 Å². The van der Waals surface area contributed by atoms with Crippen molar-refractivity contribution in [3.63, 3.8) is 0 Å². The fourth-order valence-electron chi connectivity index (χ4n) is 6.92. The molecule has 0 saturated heterocycles. The van der Waals surface area contributed by atoms with Crippen LogP contribution in [-0.2, 0) is 28.6 Å². The minimum atomic E-state index is -0.797. The Bertz CT molecular complexity index is 1300. The van der Waals surface area contributed by atoms with Crippen LogP contribution in [0.4, 0.5) is 0 Å². The molecule has 0 aromatic rings. The second-order valence-electron chi connectivity index (χ2n) is 17.0. The molecular weight excluding hydrogens is 793 g/mol. The lowest BCUT2D eigenvalue weighted by atomic mass is 10.1. The number of hydrogen-bond acceptors (Lipinski definition) is 6. The van der Waals surface area contributed by atoms with Crippen molar-refractivity contribution in [2.45, 2.75) is 239 Å². The lowest BCUT2D eigenvalue weighted by Gasteiger charge is -2.18. The van der Waals surface area contributed by atoms with E-state index in [1.54, 1.807) is 0 Å². The van der Waals surface area contributed by atoms with Crippen molar-refractivity contribution in [1.82, 2.24) is 0 Å². The maximum atomic E-state index is 12.8. The van der Waals surface area contributed by atoms with Gasteiger partial charge >= 0.3 is 17.9 Å². The number of ether oxygens (including phenoxy) is 3. The van der Waals surface area contributed by atoms with E-state index in [-0.39, 0.29) is 37.5 Å². The van der Waals surface area contributed by atoms with Gasteiger partial charge in [-0.3, -0.25) is 14.4 Å². The molecule has 364 valence electrons. The molecule has 1 unspecified atom stereocenters. The van der Waals surface area contributed by atoms with Gasteiger partial charge in [-0.2, -0.15) is 0 Å². The largest absolute Gasteiger partial charge is 0.462 e. The monoisotopic (exact) mass is 889 g/mol. The van der Waals surface area contributed by atoms with E-state index < -0.39 is 6.10 Å². The summed E-state index contributed by atoms with van der Waals surface area (Å²) in [6, 6.07) is 0. The van der Waals surface area contributed by atoms with Crippen molar-refractivity contribution in [2.75, 3.05) is 13.2 Å². The molecule has 0 aliphatic carbocycles. The second-order valence-corrected chi connectivity index (χ2v) is 17.0. The van der Waals surface area contributed by atoms with Crippen molar-refractivity contribution in [2.24, 2.45) is 0 Å². The Kier molecular flexibility index (Phi) is 49.0. The molecule has 0 N–H and O–H groups in total. The van der Waals surface area contributed by atoms with Crippen molar-refractivity contribution >= 4 is 17.9 Å². The van der Waals surface area contributed by atoms with Crippen LogP contribution >= 0.6 is 0 Å². The topological polar surface area (TPSA) is 78.9 Å². The minimum absolute atomic E-state index is 0.0951. The first kappa shape index (κ1) is 60.3. The predicted molar refractivity (Wildman–Crippen MR) is 274 cm³/mol. The van der Waals surface area contributed by atoms with E-state index in [0.717, 1.165) is 128 Å². The summed E-state index contributed by atoms with van der Waals surface area (Å²) in [6.07, 6.45) is 68.3. The highest BCUT2D eigenvalue weighted by Gasteiger charge is 2.19. The second kappa shape index (κ2) is 52.0. The number of unbranched alkanes of at least 4 members (excludes halogenated alkanes) is 19. The van der Waals surface area contributed by atoms with Crippen LogP contribution in [0.1, 0.15) is 233 Å². The Balaban J connectivity index is 4.31. The van der Waals surface area contributed by atoms with E-state index in [9.17, 15) is 14.4 Å². The maximum absolute atomic E-state index is 12.8. The average molecular weight is 889 g/mol. The molecule has 6 heteroatoms. The standard InChI is InChI=1S/C58H96O6/c1-4-7-10-13-16-19-22-24-25-26-27-28-29-30-31-32-33-35-36-39-42-45-48-51-57(60)63-54-55(53-62-56(59)50-47-44-41-38-21-18-15-12-9-6-3)64-58(61)52-49-46-43-40-37-34-23-20-17-14-11-8-5-2/h7-8,10-12,15-17,19-20,24-25,27-28,34,37,55H,4-6,9,13-14,18,21-23,26,29-33,35-36,38-54H2,1-3H3/b10-7-,11-8-,15-12-,19-16-,20-17-,25-24-,28-27-,37-34-. The zero-order chi connectivity index (χ0) is 46.5. The van der Waals surface area contributed by atoms with Crippen molar-refractivity contribution in [3.05, 3.63) is 97.2 Å². The van der Waals surface area contributed by atoms with Crippen LogP contribution in [0.2, 0.25) is 0 Å². The van der Waals surface area contributed by atoms with Crippen LogP contribution in [0, 0.1) is 0 Å². The molecule has 6 nitrogen and oxygen atoms in total. The van der Waals surface area contributed by atoms with Gasteiger partial charge in [0.05, 0.1) is 0 Å². The van der Waals surface area contributed by atoms with E-state index >= 15 is 0 Å². The van der Waals surface area contributed by atoms with Crippen LogP contribution in [0.5, 0.6) is 0 Å². The fourth-order valence-corrected chi connectivity index (χ4v) is 6.92. The summed E-state index contributed by atoms with van der Waals surface area (Å²) < 4.78 is 16.7. The number of rotatable bonds is 46. The highest BCUT2D eigenvalue weighted by Crippen LogP contribution is 2.14. The molecule has 0 aromatic carbocycles. The quantitative estimate of drug-likeness (QED) is 0.0262. The molecule has 1 atom stereocenters. The molecule has 0 radical (unpaired) electrons. The van der Waals surface area contributed by atoms with Gasteiger partial charge in [-0.25, -0.2) is 0 Å². The van der Waals surface area contributed by atoms with Gasteiger partial charge in [0, 0.05) is 19.3 Å². The zero-order valence-electron chi connectivity index (χ0n) is 41.5. The number of hydrogen-bond donors (Lipinski definition) is 0. The molecule has 64 heavy (non-hydrogen) atoms. The lowest BCUT2D eigenvalue weighted by molar-refractivity contribution is -0.167. The van der Waals surface area contributed by atoms with Crippen molar-refractivity contribution in [3.8, 4) is 0 Å². The summed E-state index contributed by atoms with van der Waals surface area (Å²) in [4.78, 5) is 37.9. The zero-order valence-corrected chi connectivity index (χ0v) is 41.5. The number of carbonyl (C=O) groups excluding carboxylic acids is 3. The minimum Gasteiger partial charge on any atom is -0.462 e. The summed E-state index contributed by atoms with van der Waals surface area (Å²) in [7, 11) is 0. The first-order valence-corrected chi connectivity index (χ1v) is 26.2. The molecule has 0 aliphatic heterocycles. The van der Waals surface area contributed by atoms with E-state index in [0.29, 0.717) is 12.8 Å². The molecule has 0 fully saturated rings. The third-order valence-electron chi connectivity index (χ3n) is 10.8. The van der Waals surface area contributed by atoms with Gasteiger partial charge in [-0.1, -0.05) is 201 Å². The Morgan fingerprint density at radius 3 is 0.984 bits per heavy atom. The molecule has 0 rings (SSSR count). The highest BCUT2D eigenvalue weighted by atomic mass is 16.6. The molecule has 0 aliphatic rings. The molecule has 0 aromatic heterocycles. The molecule has 0 saturated carbocycles. The van der Waals surface area contributed by atoms with Gasteiger partial charge in [0.25, 0.3) is 0 Å². The van der Waals surface area contributed by atoms with Crippen LogP contribution in [0.25, 0.3) is 0 Å². The third-order valence-corrected chi connectivity index (χ3v) is 10.8. The normalized spacial score (nSPS) is 12.9. The van der Waals surface area contributed by atoms with Gasteiger partial charge in [0.15, 0.2) is 6.10 Å². The van der Waals surface area contributed by atoms with Crippen LogP contribution in [0.15, 0.2) is 97.2 Å². The Labute approximate surface area is 394 Å². The molecular formula is C58H96O6. The summed E-state index contributed by atoms with van der Waals surface area (Å²) in [5.41, 5.74) is 0. The molecule has 0 bridgehead atoms. The molecule has 0 spiro atoms. The van der Waals surface area contributed by atoms with Gasteiger partial charge in [0.1, 0.15) is 13.2 Å². The number of allylic oxidation sites excluding steroid dienone is 16. The summed E-state index contributed by atoms with van der Waals surface area (Å²) in [5, 5.41) is 0. The van der Waals surface area contributed by atoms with Crippen LogP contribution < -0.4 is 0 Å². The Hall–Kier alpha value is -3.67. The van der Waals surface area contributed by atoms with Gasteiger partial charge in [0.2, 0.25) is 0 Å². The van der Waals surface area contributed by atoms with Gasteiger partial charge in [-0.15, -0.1) is 0 Å². The summed E-state index contributed by atoms with van der Waals surface area (Å²) in [5.74, 6) is -0.943. The van der Waals surface area contributed by atoms with Crippen molar-refractivity contribution in [1.29, 1.82) is 0 Å². The fraction of sp³-hybridized carbons (Fsp3) is 0.672. The first-order chi connectivity index (χ1) is 31.5. The average Bonchev–Trinajstić information content (AvgIpc) is 3.29. The SMILES string of the molecule is CC/C=C\C/C=C\C/C=C\C/C=C\CCCCCCCCCCCCC(=O)OCC(COC(=O)CCCCCCC/C=C\CCC)OC(=O)CCCCC/C=C\C/C=C\C/C=C\CC. The number of carbonyl (C=O) groups is 3. The third kappa shape index (κ3) is 49.3. The number of esters is 3. The summed E-state index contributed by atoms with van der Waals surface area (Å²) >= 11 is 0. The Morgan fingerprint density at radius 2 is 0.609 bits per heavy atom. The van der Waals surface area contributed by atoms with Crippen molar-refractivity contribution < 1.29 is 28.6 Å². The van der Waals surface area contributed by atoms with Gasteiger partial charge in [-0.05, 0) is 109 Å². The summed E-state index contributed by atoms with van der Waals surface area (Å²) in [6.45, 7) is 6.30. The Morgan fingerprint density at radius 1 is 0.328 bits per heavy atom. The van der Waals surface area contributed by atoms with E-state index in [1.165, 1.54) is 64.2 Å². The van der Waals surface area contributed by atoms with Crippen LogP contribution in [-0.4, -0.2) is 37.2 Å². The lowest BCUT2D eigenvalue weighted by Crippen LogP contribution is -2.30. The maximum Gasteiger partial charge on any atom is 0.306 e. The predicted octanol–water partition coefficient (Wildman–Crippen LogP) is 17.4. The van der Waals surface area contributed by atoms with E-state index in [2.05, 4.69) is 118 Å².